The lowest BCUT2D eigenvalue weighted by Gasteiger charge is -2.26. The van der Waals surface area contributed by atoms with E-state index in [2.05, 4.69) is 10.6 Å². The first-order chi connectivity index (χ1) is 16.4. The summed E-state index contributed by atoms with van der Waals surface area (Å²) in [7, 11) is 0. The van der Waals surface area contributed by atoms with Crippen molar-refractivity contribution < 1.29 is 24.5 Å². The fraction of sp³-hybridized carbons (Fsp3) is 0.231. The zero-order chi connectivity index (χ0) is 24.1. The number of ether oxygens (including phenoxy) is 1. The van der Waals surface area contributed by atoms with E-state index in [0.29, 0.717) is 5.56 Å². The molecule has 7 nitrogen and oxygen atoms in total. The highest BCUT2D eigenvalue weighted by molar-refractivity contribution is 6.33. The average molecular weight is 481 g/mol. The molecule has 176 valence electrons. The van der Waals surface area contributed by atoms with Gasteiger partial charge in [-0.3, -0.25) is 9.59 Å². The van der Waals surface area contributed by atoms with Crippen molar-refractivity contribution in [2.45, 2.75) is 17.8 Å². The summed E-state index contributed by atoms with van der Waals surface area (Å²) in [5.41, 5.74) is 1.09. The maximum atomic E-state index is 12.5. The lowest BCUT2D eigenvalue weighted by Crippen LogP contribution is -2.53. The van der Waals surface area contributed by atoms with Gasteiger partial charge in [-0.15, -0.1) is 0 Å². The summed E-state index contributed by atoms with van der Waals surface area (Å²) < 4.78 is 5.51. The summed E-state index contributed by atoms with van der Waals surface area (Å²) in [6.45, 7) is -0.423. The van der Waals surface area contributed by atoms with Gasteiger partial charge in [-0.25, -0.2) is 0 Å². The Morgan fingerprint density at radius 2 is 1.56 bits per heavy atom. The third-order valence-electron chi connectivity index (χ3n) is 5.84. The van der Waals surface area contributed by atoms with Gasteiger partial charge in [0, 0.05) is 12.1 Å². The number of carbonyl (C=O) groups excluding carboxylic acids is 2. The van der Waals surface area contributed by atoms with Crippen LogP contribution >= 0.6 is 11.6 Å². The van der Waals surface area contributed by atoms with Crippen molar-refractivity contribution in [3.8, 4) is 11.1 Å². The number of hydrogen-bond donors (Lipinski definition) is 4. The van der Waals surface area contributed by atoms with Crippen LogP contribution in [0.2, 0.25) is 5.02 Å². The number of aliphatic hydroxyl groups is 2. The van der Waals surface area contributed by atoms with Crippen molar-refractivity contribution in [2.75, 3.05) is 19.7 Å². The molecule has 0 aromatic heterocycles. The average Bonchev–Trinajstić information content (AvgIpc) is 3.15. The maximum absolute atomic E-state index is 12.5. The Morgan fingerprint density at radius 1 is 0.912 bits per heavy atom. The minimum Gasteiger partial charge on any atom is -0.387 e. The van der Waals surface area contributed by atoms with Crippen LogP contribution in [-0.4, -0.2) is 59.5 Å². The van der Waals surface area contributed by atoms with Crippen molar-refractivity contribution in [1.82, 2.24) is 10.6 Å². The van der Waals surface area contributed by atoms with Crippen LogP contribution < -0.4 is 10.6 Å². The largest absolute Gasteiger partial charge is 0.387 e. The van der Waals surface area contributed by atoms with E-state index in [-0.39, 0.29) is 36.2 Å². The first kappa shape index (κ1) is 23.9. The Kier molecular flexibility index (Phi) is 7.29. The van der Waals surface area contributed by atoms with E-state index < -0.39 is 23.7 Å². The molecule has 0 radical (unpaired) electrons. The lowest BCUT2D eigenvalue weighted by molar-refractivity contribution is -0.0464. The number of nitrogens with one attached hydrogen (secondary N) is 2. The monoisotopic (exact) mass is 480 g/mol. The highest BCUT2D eigenvalue weighted by atomic mass is 35.5. The molecule has 8 heteroatoms. The third kappa shape index (κ3) is 5.29. The van der Waals surface area contributed by atoms with E-state index in [1.807, 2.05) is 42.5 Å². The van der Waals surface area contributed by atoms with Crippen LogP contribution in [0, 0.1) is 0 Å². The van der Waals surface area contributed by atoms with Crippen LogP contribution in [0.1, 0.15) is 20.7 Å². The molecule has 3 aromatic rings. The Balaban J connectivity index is 1.30. The molecule has 1 saturated heterocycles. The van der Waals surface area contributed by atoms with E-state index in [1.54, 1.807) is 36.4 Å². The highest BCUT2D eigenvalue weighted by Gasteiger charge is 2.48. The Bertz CT molecular complexity index is 1160. The molecule has 0 unspecified atom stereocenters. The van der Waals surface area contributed by atoms with Crippen LogP contribution in [0.4, 0.5) is 0 Å². The maximum Gasteiger partial charge on any atom is 0.252 e. The minimum atomic E-state index is -1.69. The molecule has 1 heterocycles. The van der Waals surface area contributed by atoms with Gasteiger partial charge >= 0.3 is 0 Å². The number of aliphatic hydroxyl groups excluding tert-OH is 1. The zero-order valence-electron chi connectivity index (χ0n) is 18.3. The highest BCUT2D eigenvalue weighted by Crippen LogP contribution is 2.25. The number of halogens is 1. The number of hydrogen-bond acceptors (Lipinski definition) is 5. The molecule has 1 fully saturated rings. The molecular weight excluding hydrogens is 456 g/mol. The summed E-state index contributed by atoms with van der Waals surface area (Å²) >= 11 is 6.02. The Morgan fingerprint density at radius 3 is 2.26 bits per heavy atom. The Hall–Kier alpha value is -3.23. The van der Waals surface area contributed by atoms with Gasteiger partial charge in [0.2, 0.25) is 0 Å². The molecule has 0 spiro atoms. The first-order valence-corrected chi connectivity index (χ1v) is 11.2. The predicted octanol–water partition coefficient (Wildman–Crippen LogP) is 2.66. The van der Waals surface area contributed by atoms with Crippen LogP contribution in [0.15, 0.2) is 78.9 Å². The van der Waals surface area contributed by atoms with Crippen LogP contribution in [-0.2, 0) is 4.74 Å². The van der Waals surface area contributed by atoms with Gasteiger partial charge in [0.15, 0.2) is 0 Å². The van der Waals surface area contributed by atoms with Gasteiger partial charge in [-0.2, -0.15) is 0 Å². The second kappa shape index (κ2) is 10.4. The summed E-state index contributed by atoms with van der Waals surface area (Å²) in [6, 6.07) is 23.6. The number of amides is 2. The second-order valence-corrected chi connectivity index (χ2v) is 8.62. The standard InChI is InChI=1S/C26H25ClN2O5/c27-21-9-5-4-8-20(21)25(32)29-15-26(33)16-34-22(23(26)30)14-28-24(31)19-12-10-18(11-13-19)17-6-2-1-3-7-17/h1-13,22-23,30,33H,14-16H2,(H,28,31)(H,29,32)/t22-,23-,26+/m1/s1. The molecule has 0 aliphatic carbocycles. The summed E-state index contributed by atoms with van der Waals surface area (Å²) in [6.07, 6.45) is -2.13. The third-order valence-corrected chi connectivity index (χ3v) is 6.17. The Labute approximate surface area is 202 Å². The fourth-order valence-electron chi connectivity index (χ4n) is 3.81. The van der Waals surface area contributed by atoms with Crippen molar-refractivity contribution in [3.63, 3.8) is 0 Å². The summed E-state index contributed by atoms with van der Waals surface area (Å²) in [5, 5.41) is 27.0. The van der Waals surface area contributed by atoms with Crippen molar-refractivity contribution in [1.29, 1.82) is 0 Å². The molecular formula is C26H25ClN2O5. The van der Waals surface area contributed by atoms with Gasteiger partial charge in [0.05, 0.1) is 23.7 Å². The minimum absolute atomic E-state index is 0.00120. The number of rotatable bonds is 7. The van der Waals surface area contributed by atoms with Gasteiger partial charge in [-0.1, -0.05) is 66.2 Å². The number of benzene rings is 3. The van der Waals surface area contributed by atoms with Crippen molar-refractivity contribution >= 4 is 23.4 Å². The molecule has 4 N–H and O–H groups in total. The molecule has 3 atom stereocenters. The van der Waals surface area contributed by atoms with Gasteiger partial charge < -0.3 is 25.6 Å². The molecule has 1 aliphatic heterocycles. The second-order valence-electron chi connectivity index (χ2n) is 8.21. The predicted molar refractivity (Wildman–Crippen MR) is 129 cm³/mol. The topological polar surface area (TPSA) is 108 Å². The summed E-state index contributed by atoms with van der Waals surface area (Å²) in [4.78, 5) is 24.9. The summed E-state index contributed by atoms with van der Waals surface area (Å²) in [5.74, 6) is -0.792. The van der Waals surface area contributed by atoms with Crippen LogP contribution in [0.5, 0.6) is 0 Å². The molecule has 3 aromatic carbocycles. The molecule has 0 saturated carbocycles. The van der Waals surface area contributed by atoms with Crippen LogP contribution in [0.3, 0.4) is 0 Å². The first-order valence-electron chi connectivity index (χ1n) is 10.9. The molecule has 34 heavy (non-hydrogen) atoms. The number of carbonyl (C=O) groups is 2. The van der Waals surface area contributed by atoms with E-state index in [4.69, 9.17) is 16.3 Å². The fourth-order valence-corrected chi connectivity index (χ4v) is 4.04. The quantitative estimate of drug-likeness (QED) is 0.416. The molecule has 0 bridgehead atoms. The van der Waals surface area contributed by atoms with Gasteiger partial charge in [0.25, 0.3) is 11.8 Å². The smallest absolute Gasteiger partial charge is 0.252 e. The van der Waals surface area contributed by atoms with Gasteiger partial charge in [0.1, 0.15) is 17.8 Å². The normalized spacial score (nSPS) is 21.7. The lowest BCUT2D eigenvalue weighted by atomic mass is 9.96. The van der Waals surface area contributed by atoms with E-state index in [9.17, 15) is 19.8 Å². The van der Waals surface area contributed by atoms with Gasteiger partial charge in [-0.05, 0) is 35.4 Å². The van der Waals surface area contributed by atoms with Crippen molar-refractivity contribution in [3.05, 3.63) is 95.0 Å². The van der Waals surface area contributed by atoms with Crippen molar-refractivity contribution in [2.24, 2.45) is 0 Å². The molecule has 2 amide bonds. The molecule has 4 rings (SSSR count). The van der Waals surface area contributed by atoms with Crippen LogP contribution in [0.25, 0.3) is 11.1 Å². The van der Waals surface area contributed by atoms with E-state index in [0.717, 1.165) is 11.1 Å². The SMILES string of the molecule is O=C(NC[C@H]1OC[C@@](O)(CNC(=O)c2ccccc2Cl)[C@@H]1O)c1ccc(-c2ccccc2)cc1. The van der Waals surface area contributed by atoms with E-state index >= 15 is 0 Å². The van der Waals surface area contributed by atoms with E-state index in [1.165, 1.54) is 0 Å². The molecule has 1 aliphatic rings. The zero-order valence-corrected chi connectivity index (χ0v) is 19.0.